The van der Waals surface area contributed by atoms with E-state index in [2.05, 4.69) is 15.6 Å². The summed E-state index contributed by atoms with van der Waals surface area (Å²) in [6.07, 6.45) is 0. The van der Waals surface area contributed by atoms with E-state index in [-0.39, 0.29) is 11.6 Å². The number of benzene rings is 2. The van der Waals surface area contributed by atoms with Crippen LogP contribution in [0.1, 0.15) is 22.3 Å². The SMILES string of the molecule is CN=C(NCc1ccc(F)c(C)c1)NCc1ccc(F)c(CN(C)C)c1. The van der Waals surface area contributed by atoms with Crippen LogP contribution in [0.3, 0.4) is 0 Å². The van der Waals surface area contributed by atoms with Crippen molar-refractivity contribution in [1.82, 2.24) is 15.5 Å². The molecule has 140 valence electrons. The van der Waals surface area contributed by atoms with Gasteiger partial charge in [-0.05, 0) is 55.9 Å². The molecule has 0 heterocycles. The summed E-state index contributed by atoms with van der Waals surface area (Å²) in [5, 5.41) is 6.41. The second-order valence-corrected chi connectivity index (χ2v) is 6.53. The van der Waals surface area contributed by atoms with Crippen molar-refractivity contribution in [2.75, 3.05) is 21.1 Å². The second kappa shape index (κ2) is 9.29. The van der Waals surface area contributed by atoms with Crippen LogP contribution >= 0.6 is 0 Å². The molecule has 2 aromatic carbocycles. The Kier molecular flexibility index (Phi) is 7.09. The maximum absolute atomic E-state index is 13.9. The van der Waals surface area contributed by atoms with E-state index in [9.17, 15) is 8.78 Å². The number of halogens is 2. The molecule has 0 fully saturated rings. The molecule has 0 amide bonds. The highest BCUT2D eigenvalue weighted by Gasteiger charge is 2.06. The smallest absolute Gasteiger partial charge is 0.191 e. The molecule has 0 spiro atoms. The summed E-state index contributed by atoms with van der Waals surface area (Å²) in [5.74, 6) is 0.225. The van der Waals surface area contributed by atoms with E-state index in [1.54, 1.807) is 26.1 Å². The highest BCUT2D eigenvalue weighted by atomic mass is 19.1. The van der Waals surface area contributed by atoms with Crippen LogP contribution in [0.4, 0.5) is 8.78 Å². The maximum Gasteiger partial charge on any atom is 0.191 e. The zero-order valence-electron chi connectivity index (χ0n) is 15.7. The van der Waals surface area contributed by atoms with Gasteiger partial charge in [-0.3, -0.25) is 4.99 Å². The summed E-state index contributed by atoms with van der Waals surface area (Å²) >= 11 is 0. The van der Waals surface area contributed by atoms with E-state index in [1.807, 2.05) is 31.1 Å². The lowest BCUT2D eigenvalue weighted by molar-refractivity contribution is 0.392. The third-order valence-electron chi connectivity index (χ3n) is 3.96. The van der Waals surface area contributed by atoms with Crippen LogP contribution in [0.2, 0.25) is 0 Å². The fraction of sp³-hybridized carbons (Fsp3) is 0.350. The molecule has 0 bridgehead atoms. The maximum atomic E-state index is 13.9. The van der Waals surface area contributed by atoms with Crippen molar-refractivity contribution in [3.63, 3.8) is 0 Å². The summed E-state index contributed by atoms with van der Waals surface area (Å²) in [6.45, 7) is 3.36. The molecule has 0 unspecified atom stereocenters. The molecule has 0 aliphatic carbocycles. The van der Waals surface area contributed by atoms with Crippen LogP contribution in [0.15, 0.2) is 41.4 Å². The van der Waals surface area contributed by atoms with Crippen LogP contribution in [0.5, 0.6) is 0 Å². The molecular formula is C20H26F2N4. The van der Waals surface area contributed by atoms with Gasteiger partial charge in [0, 0.05) is 32.2 Å². The van der Waals surface area contributed by atoms with E-state index in [1.165, 1.54) is 12.1 Å². The Bertz CT molecular complexity index is 772. The molecule has 2 rings (SSSR count). The van der Waals surface area contributed by atoms with Crippen LogP contribution in [-0.4, -0.2) is 32.0 Å². The molecule has 0 aromatic heterocycles. The van der Waals surface area contributed by atoms with Crippen LogP contribution < -0.4 is 10.6 Å². The molecule has 4 nitrogen and oxygen atoms in total. The van der Waals surface area contributed by atoms with Gasteiger partial charge in [-0.15, -0.1) is 0 Å². The normalized spacial score (nSPS) is 11.7. The summed E-state index contributed by atoms with van der Waals surface area (Å²) in [6, 6.07) is 10.1. The van der Waals surface area contributed by atoms with Gasteiger partial charge < -0.3 is 15.5 Å². The summed E-state index contributed by atoms with van der Waals surface area (Å²) in [7, 11) is 5.51. The summed E-state index contributed by atoms with van der Waals surface area (Å²) < 4.78 is 27.2. The lowest BCUT2D eigenvalue weighted by Crippen LogP contribution is -2.36. The molecule has 0 saturated heterocycles. The zero-order chi connectivity index (χ0) is 19.1. The molecule has 0 atom stereocenters. The Hall–Kier alpha value is -2.47. The molecule has 0 radical (unpaired) electrons. The number of rotatable bonds is 6. The van der Waals surface area contributed by atoms with Crippen molar-refractivity contribution in [2.45, 2.75) is 26.6 Å². The van der Waals surface area contributed by atoms with E-state index in [0.29, 0.717) is 36.7 Å². The average Bonchev–Trinajstić information content (AvgIpc) is 2.60. The molecule has 6 heteroatoms. The molecular weight excluding hydrogens is 334 g/mol. The first-order valence-electron chi connectivity index (χ1n) is 8.50. The first-order valence-corrected chi connectivity index (χ1v) is 8.50. The average molecular weight is 360 g/mol. The van der Waals surface area contributed by atoms with E-state index in [4.69, 9.17) is 0 Å². The highest BCUT2D eigenvalue weighted by Crippen LogP contribution is 2.12. The van der Waals surface area contributed by atoms with Crippen LogP contribution in [0.25, 0.3) is 0 Å². The fourth-order valence-corrected chi connectivity index (χ4v) is 2.61. The lowest BCUT2D eigenvalue weighted by atomic mass is 10.1. The Morgan fingerprint density at radius 2 is 1.54 bits per heavy atom. The Morgan fingerprint density at radius 3 is 2.08 bits per heavy atom. The minimum absolute atomic E-state index is 0.198. The number of nitrogens with zero attached hydrogens (tertiary/aromatic N) is 2. The number of aryl methyl sites for hydroxylation is 1. The van der Waals surface area contributed by atoms with Crippen molar-refractivity contribution in [3.05, 3.63) is 70.3 Å². The largest absolute Gasteiger partial charge is 0.352 e. The number of guanidine groups is 1. The first kappa shape index (κ1) is 19.8. The number of hydrogen-bond donors (Lipinski definition) is 2. The predicted molar refractivity (Wildman–Crippen MR) is 102 cm³/mol. The van der Waals surface area contributed by atoms with Crippen molar-refractivity contribution >= 4 is 5.96 Å². The Balaban J connectivity index is 1.93. The van der Waals surface area contributed by atoms with Gasteiger partial charge in [-0.1, -0.05) is 18.2 Å². The second-order valence-electron chi connectivity index (χ2n) is 6.53. The van der Waals surface area contributed by atoms with Gasteiger partial charge >= 0.3 is 0 Å². The van der Waals surface area contributed by atoms with Gasteiger partial charge in [0.25, 0.3) is 0 Å². The van der Waals surface area contributed by atoms with Crippen molar-refractivity contribution in [1.29, 1.82) is 0 Å². The molecule has 0 aliphatic rings. The van der Waals surface area contributed by atoms with Gasteiger partial charge in [0.15, 0.2) is 5.96 Å². The standard InChI is InChI=1S/C20H26F2N4/c1-14-9-15(5-7-18(14)21)11-24-20(23-2)25-12-16-6-8-19(22)17(10-16)13-26(3)4/h5-10H,11-13H2,1-4H3,(H2,23,24,25). The highest BCUT2D eigenvalue weighted by molar-refractivity contribution is 5.79. The van der Waals surface area contributed by atoms with E-state index in [0.717, 1.165) is 11.1 Å². The molecule has 2 N–H and O–H groups in total. The minimum atomic E-state index is -0.207. The zero-order valence-corrected chi connectivity index (χ0v) is 15.7. The number of nitrogens with one attached hydrogen (secondary N) is 2. The third-order valence-corrected chi connectivity index (χ3v) is 3.96. The molecule has 26 heavy (non-hydrogen) atoms. The first-order chi connectivity index (χ1) is 12.4. The van der Waals surface area contributed by atoms with Crippen molar-refractivity contribution in [2.24, 2.45) is 4.99 Å². The van der Waals surface area contributed by atoms with E-state index < -0.39 is 0 Å². The lowest BCUT2D eigenvalue weighted by Gasteiger charge is -2.14. The quantitative estimate of drug-likeness (QED) is 0.614. The van der Waals surface area contributed by atoms with Crippen LogP contribution in [0, 0.1) is 18.6 Å². The summed E-state index contributed by atoms with van der Waals surface area (Å²) in [4.78, 5) is 6.12. The molecule has 0 saturated carbocycles. The van der Waals surface area contributed by atoms with Gasteiger partial charge in [-0.25, -0.2) is 8.78 Å². The van der Waals surface area contributed by atoms with Gasteiger partial charge in [-0.2, -0.15) is 0 Å². The molecule has 0 aliphatic heterocycles. The number of aliphatic imine (C=N–C) groups is 1. The fourth-order valence-electron chi connectivity index (χ4n) is 2.61. The van der Waals surface area contributed by atoms with Crippen molar-refractivity contribution < 1.29 is 8.78 Å². The third kappa shape index (κ3) is 5.81. The van der Waals surface area contributed by atoms with Gasteiger partial charge in [0.05, 0.1) is 0 Å². The number of hydrogen-bond acceptors (Lipinski definition) is 2. The van der Waals surface area contributed by atoms with Crippen molar-refractivity contribution in [3.8, 4) is 0 Å². The minimum Gasteiger partial charge on any atom is -0.352 e. The Morgan fingerprint density at radius 1 is 0.962 bits per heavy atom. The van der Waals surface area contributed by atoms with Gasteiger partial charge in [0.2, 0.25) is 0 Å². The van der Waals surface area contributed by atoms with E-state index >= 15 is 0 Å². The predicted octanol–water partition coefficient (Wildman–Crippen LogP) is 3.20. The Labute approximate surface area is 153 Å². The monoisotopic (exact) mass is 360 g/mol. The van der Waals surface area contributed by atoms with Gasteiger partial charge in [0.1, 0.15) is 11.6 Å². The topological polar surface area (TPSA) is 39.7 Å². The molecule has 2 aromatic rings. The van der Waals surface area contributed by atoms with Crippen LogP contribution in [-0.2, 0) is 19.6 Å². The summed E-state index contributed by atoms with van der Waals surface area (Å²) in [5.41, 5.74) is 3.23.